The summed E-state index contributed by atoms with van der Waals surface area (Å²) in [5, 5.41) is 4.83. The first-order valence-corrected chi connectivity index (χ1v) is 8.32. The number of ether oxygens (including phenoxy) is 2. The van der Waals surface area contributed by atoms with Crippen molar-refractivity contribution < 1.29 is 19.1 Å². The van der Waals surface area contributed by atoms with E-state index in [0.717, 1.165) is 4.88 Å². The number of anilines is 1. The SMILES string of the molecule is COc1cc(N)c(Cl)cc1C(=O)OC(C)C(=O)NCc1cccs1. The van der Waals surface area contributed by atoms with E-state index in [1.165, 1.54) is 37.5 Å². The highest BCUT2D eigenvalue weighted by molar-refractivity contribution is 7.09. The lowest BCUT2D eigenvalue weighted by atomic mass is 10.2. The van der Waals surface area contributed by atoms with Gasteiger partial charge < -0.3 is 20.5 Å². The second-order valence-corrected chi connectivity index (χ2v) is 6.36. The maximum absolute atomic E-state index is 12.3. The maximum Gasteiger partial charge on any atom is 0.342 e. The highest BCUT2D eigenvalue weighted by atomic mass is 35.5. The Morgan fingerprint density at radius 2 is 2.17 bits per heavy atom. The van der Waals surface area contributed by atoms with Crippen LogP contribution in [0.5, 0.6) is 5.75 Å². The average molecular weight is 369 g/mol. The standard InChI is InChI=1S/C16H17ClN2O4S/c1-9(15(20)19-8-10-4-3-5-24-10)23-16(21)11-6-12(17)13(18)7-14(11)22-2/h3-7,9H,8,18H2,1-2H3,(H,19,20). The number of hydrogen-bond donors (Lipinski definition) is 2. The van der Waals surface area contributed by atoms with Crippen LogP contribution in [-0.4, -0.2) is 25.1 Å². The normalized spacial score (nSPS) is 11.6. The number of nitrogen functional groups attached to an aromatic ring is 1. The van der Waals surface area contributed by atoms with E-state index in [-0.39, 0.29) is 22.0 Å². The van der Waals surface area contributed by atoms with Crippen LogP contribution in [0.4, 0.5) is 5.69 Å². The largest absolute Gasteiger partial charge is 0.496 e. The van der Waals surface area contributed by atoms with Crippen molar-refractivity contribution in [2.24, 2.45) is 0 Å². The summed E-state index contributed by atoms with van der Waals surface area (Å²) in [5.41, 5.74) is 6.06. The third kappa shape index (κ3) is 4.39. The molecule has 0 saturated heterocycles. The molecule has 0 aliphatic rings. The number of hydrogen-bond acceptors (Lipinski definition) is 6. The van der Waals surface area contributed by atoms with Gasteiger partial charge in [-0.25, -0.2) is 4.79 Å². The predicted octanol–water partition coefficient (Wildman–Crippen LogP) is 2.85. The number of amides is 1. The molecule has 1 heterocycles. The van der Waals surface area contributed by atoms with E-state index in [9.17, 15) is 9.59 Å². The number of benzene rings is 1. The molecule has 1 amide bonds. The fourth-order valence-electron chi connectivity index (χ4n) is 1.91. The molecule has 0 spiro atoms. The molecule has 2 rings (SSSR count). The molecule has 0 bridgehead atoms. The second-order valence-electron chi connectivity index (χ2n) is 4.92. The number of thiophene rings is 1. The van der Waals surface area contributed by atoms with Crippen molar-refractivity contribution in [2.45, 2.75) is 19.6 Å². The molecule has 1 aromatic heterocycles. The van der Waals surface area contributed by atoms with Crippen LogP contribution in [0, 0.1) is 0 Å². The smallest absolute Gasteiger partial charge is 0.342 e. The van der Waals surface area contributed by atoms with Gasteiger partial charge in [0.2, 0.25) is 0 Å². The van der Waals surface area contributed by atoms with Crippen molar-refractivity contribution >= 4 is 40.5 Å². The first-order chi connectivity index (χ1) is 11.4. The third-order valence-corrected chi connectivity index (χ3v) is 4.41. The number of nitrogens with two attached hydrogens (primary N) is 1. The lowest BCUT2D eigenvalue weighted by molar-refractivity contribution is -0.129. The third-order valence-electron chi connectivity index (χ3n) is 3.21. The quantitative estimate of drug-likeness (QED) is 0.604. The molecule has 1 atom stereocenters. The molecule has 0 saturated carbocycles. The van der Waals surface area contributed by atoms with Gasteiger partial charge in [0.15, 0.2) is 6.10 Å². The van der Waals surface area contributed by atoms with E-state index in [2.05, 4.69) is 5.32 Å². The predicted molar refractivity (Wildman–Crippen MR) is 93.5 cm³/mol. The van der Waals surface area contributed by atoms with Gasteiger partial charge in [-0.15, -0.1) is 11.3 Å². The zero-order chi connectivity index (χ0) is 17.7. The van der Waals surface area contributed by atoms with Crippen LogP contribution in [-0.2, 0) is 16.1 Å². The molecule has 1 unspecified atom stereocenters. The Labute approximate surface area is 148 Å². The van der Waals surface area contributed by atoms with Crippen LogP contribution in [0.15, 0.2) is 29.6 Å². The van der Waals surface area contributed by atoms with Gasteiger partial charge in [-0.2, -0.15) is 0 Å². The second kappa shape index (κ2) is 8.03. The van der Waals surface area contributed by atoms with E-state index in [4.69, 9.17) is 26.8 Å². The summed E-state index contributed by atoms with van der Waals surface area (Å²) in [5.74, 6) is -0.877. The number of rotatable bonds is 6. The summed E-state index contributed by atoms with van der Waals surface area (Å²) in [6, 6.07) is 6.59. The summed E-state index contributed by atoms with van der Waals surface area (Å²) in [6.07, 6.45) is -0.960. The van der Waals surface area contributed by atoms with Crippen molar-refractivity contribution in [2.75, 3.05) is 12.8 Å². The van der Waals surface area contributed by atoms with Gasteiger partial charge in [-0.3, -0.25) is 4.79 Å². The van der Waals surface area contributed by atoms with Crippen molar-refractivity contribution in [1.82, 2.24) is 5.32 Å². The molecule has 24 heavy (non-hydrogen) atoms. The zero-order valence-corrected chi connectivity index (χ0v) is 14.7. The van der Waals surface area contributed by atoms with E-state index in [1.807, 2.05) is 17.5 Å². The Kier molecular flexibility index (Phi) is 6.05. The monoisotopic (exact) mass is 368 g/mol. The number of carbonyl (C=O) groups excluding carboxylic acids is 2. The Bertz CT molecular complexity index is 734. The minimum atomic E-state index is -0.960. The van der Waals surface area contributed by atoms with Crippen molar-refractivity contribution in [3.63, 3.8) is 0 Å². The molecule has 0 radical (unpaired) electrons. The topological polar surface area (TPSA) is 90.7 Å². The summed E-state index contributed by atoms with van der Waals surface area (Å²) < 4.78 is 10.3. The van der Waals surface area contributed by atoms with Crippen LogP contribution < -0.4 is 15.8 Å². The van der Waals surface area contributed by atoms with Crippen LogP contribution >= 0.6 is 22.9 Å². The lowest BCUT2D eigenvalue weighted by Crippen LogP contribution is -2.35. The van der Waals surface area contributed by atoms with Crippen LogP contribution in [0.1, 0.15) is 22.2 Å². The summed E-state index contributed by atoms with van der Waals surface area (Å²) in [6.45, 7) is 1.88. The van der Waals surface area contributed by atoms with Gasteiger partial charge in [0.1, 0.15) is 11.3 Å². The first kappa shape index (κ1) is 18.1. The molecule has 128 valence electrons. The summed E-state index contributed by atoms with van der Waals surface area (Å²) >= 11 is 7.46. The number of esters is 1. The number of carbonyl (C=O) groups is 2. The molecule has 0 aliphatic carbocycles. The summed E-state index contributed by atoms with van der Waals surface area (Å²) in [7, 11) is 1.40. The molecule has 0 aliphatic heterocycles. The molecular formula is C16H17ClN2O4S. The van der Waals surface area contributed by atoms with Gasteiger partial charge in [-0.05, 0) is 24.4 Å². The fraction of sp³-hybridized carbons (Fsp3) is 0.250. The highest BCUT2D eigenvalue weighted by Gasteiger charge is 2.22. The first-order valence-electron chi connectivity index (χ1n) is 7.06. The van der Waals surface area contributed by atoms with E-state index in [0.29, 0.717) is 6.54 Å². The Morgan fingerprint density at radius 1 is 1.42 bits per heavy atom. The van der Waals surface area contributed by atoms with Crippen LogP contribution in [0.25, 0.3) is 0 Å². The van der Waals surface area contributed by atoms with Crippen molar-refractivity contribution in [3.05, 3.63) is 45.1 Å². The molecule has 1 aromatic carbocycles. The maximum atomic E-state index is 12.3. The molecular weight excluding hydrogens is 352 g/mol. The van der Waals surface area contributed by atoms with Crippen molar-refractivity contribution in [1.29, 1.82) is 0 Å². The van der Waals surface area contributed by atoms with E-state index in [1.54, 1.807) is 0 Å². The van der Waals surface area contributed by atoms with Gasteiger partial charge in [-0.1, -0.05) is 17.7 Å². The van der Waals surface area contributed by atoms with Crippen molar-refractivity contribution in [3.8, 4) is 5.75 Å². The molecule has 6 nitrogen and oxygen atoms in total. The van der Waals surface area contributed by atoms with Gasteiger partial charge in [0, 0.05) is 10.9 Å². The van der Waals surface area contributed by atoms with E-state index >= 15 is 0 Å². The number of nitrogens with one attached hydrogen (secondary N) is 1. The average Bonchev–Trinajstić information content (AvgIpc) is 3.07. The molecule has 0 fully saturated rings. The van der Waals surface area contributed by atoms with Gasteiger partial charge >= 0.3 is 5.97 Å². The Morgan fingerprint density at radius 3 is 2.79 bits per heavy atom. The number of halogens is 1. The lowest BCUT2D eigenvalue weighted by Gasteiger charge is -2.15. The van der Waals surface area contributed by atoms with Gasteiger partial charge in [0.25, 0.3) is 5.91 Å². The zero-order valence-electron chi connectivity index (χ0n) is 13.2. The number of methoxy groups -OCH3 is 1. The van der Waals surface area contributed by atoms with Crippen LogP contribution in [0.2, 0.25) is 5.02 Å². The minimum absolute atomic E-state index is 0.106. The van der Waals surface area contributed by atoms with Gasteiger partial charge in [0.05, 0.1) is 24.4 Å². The fourth-order valence-corrected chi connectivity index (χ4v) is 2.71. The highest BCUT2D eigenvalue weighted by Crippen LogP contribution is 2.29. The Hall–Kier alpha value is -2.25. The summed E-state index contributed by atoms with van der Waals surface area (Å²) in [4.78, 5) is 25.3. The molecule has 3 N–H and O–H groups in total. The Balaban J connectivity index is 2.00. The molecule has 8 heteroatoms. The van der Waals surface area contributed by atoms with E-state index < -0.39 is 18.0 Å². The minimum Gasteiger partial charge on any atom is -0.496 e. The van der Waals surface area contributed by atoms with Crippen LogP contribution in [0.3, 0.4) is 0 Å². The molecule has 2 aromatic rings.